The summed E-state index contributed by atoms with van der Waals surface area (Å²) in [6.07, 6.45) is 0.805. The number of nitrogens with two attached hydrogens (primary N) is 1. The molecule has 0 aliphatic heterocycles. The van der Waals surface area contributed by atoms with Gasteiger partial charge in [0.15, 0.2) is 11.6 Å². The summed E-state index contributed by atoms with van der Waals surface area (Å²) in [7, 11) is 0. The summed E-state index contributed by atoms with van der Waals surface area (Å²) in [4.78, 5) is 11.0. The average Bonchev–Trinajstić information content (AvgIpc) is 2.23. The van der Waals surface area contributed by atoms with Crippen molar-refractivity contribution in [3.63, 3.8) is 0 Å². The van der Waals surface area contributed by atoms with Crippen molar-refractivity contribution in [2.24, 2.45) is 5.73 Å². The maximum absolute atomic E-state index is 13.2. The largest absolute Gasteiger partial charge is 0.463 e. The highest BCUT2D eigenvalue weighted by Crippen LogP contribution is 2.18. The molecule has 3 nitrogen and oxygen atoms in total. The molecule has 0 saturated carbocycles. The van der Waals surface area contributed by atoms with Gasteiger partial charge in [-0.2, -0.15) is 0 Å². The van der Waals surface area contributed by atoms with E-state index in [0.717, 1.165) is 6.08 Å². The average molecular weight is 245 g/mol. The van der Waals surface area contributed by atoms with Gasteiger partial charge in [-0.3, -0.25) is 0 Å². The summed E-state index contributed by atoms with van der Waals surface area (Å²) in [5.74, 6) is -4.41. The van der Waals surface area contributed by atoms with Crippen molar-refractivity contribution < 1.29 is 22.7 Å². The molecule has 92 valence electrons. The van der Waals surface area contributed by atoms with Crippen molar-refractivity contribution in [2.45, 2.75) is 6.92 Å². The van der Waals surface area contributed by atoms with E-state index in [4.69, 9.17) is 5.73 Å². The third-order valence-electron chi connectivity index (χ3n) is 1.88. The number of hydrogen-bond acceptors (Lipinski definition) is 3. The second-order valence-electron chi connectivity index (χ2n) is 3.10. The van der Waals surface area contributed by atoms with Crippen LogP contribution in [0.15, 0.2) is 18.2 Å². The molecule has 0 heterocycles. The molecular weight excluding hydrogens is 235 g/mol. The minimum absolute atomic E-state index is 0.128. The Bertz CT molecular complexity index is 472. The zero-order valence-electron chi connectivity index (χ0n) is 8.97. The molecule has 0 aliphatic rings. The molecule has 0 aliphatic carbocycles. The molecule has 0 bridgehead atoms. The normalized spacial score (nSPS) is 11.4. The SMILES string of the molecule is CCOC(=O)/C=C(\N)c1cc(F)c(F)cc1F. The van der Waals surface area contributed by atoms with Gasteiger partial charge in [-0.15, -0.1) is 0 Å². The van der Waals surface area contributed by atoms with E-state index in [-0.39, 0.29) is 12.3 Å². The van der Waals surface area contributed by atoms with Crippen LogP contribution in [0.1, 0.15) is 12.5 Å². The fourth-order valence-corrected chi connectivity index (χ4v) is 1.13. The number of benzene rings is 1. The Morgan fingerprint density at radius 1 is 1.29 bits per heavy atom. The molecule has 6 heteroatoms. The Kier molecular flexibility index (Phi) is 4.14. The van der Waals surface area contributed by atoms with E-state index in [1.54, 1.807) is 6.92 Å². The molecule has 1 aromatic rings. The van der Waals surface area contributed by atoms with Gasteiger partial charge >= 0.3 is 5.97 Å². The molecule has 0 unspecified atom stereocenters. The number of ether oxygens (including phenoxy) is 1. The summed E-state index contributed by atoms with van der Waals surface area (Å²) in [6.45, 7) is 1.71. The van der Waals surface area contributed by atoms with Gasteiger partial charge in [0, 0.05) is 23.4 Å². The van der Waals surface area contributed by atoms with Crippen LogP contribution in [-0.4, -0.2) is 12.6 Å². The van der Waals surface area contributed by atoms with E-state index in [1.165, 1.54) is 0 Å². The fraction of sp³-hybridized carbons (Fsp3) is 0.182. The lowest BCUT2D eigenvalue weighted by atomic mass is 10.1. The lowest BCUT2D eigenvalue weighted by Gasteiger charge is -2.04. The van der Waals surface area contributed by atoms with Crippen molar-refractivity contribution >= 4 is 11.7 Å². The standard InChI is InChI=1S/C11H10F3NO2/c1-2-17-11(16)5-10(15)6-3-8(13)9(14)4-7(6)12/h3-5H,2,15H2,1H3/b10-5-. The zero-order valence-corrected chi connectivity index (χ0v) is 8.97. The predicted molar refractivity (Wildman–Crippen MR) is 55.1 cm³/mol. The van der Waals surface area contributed by atoms with Gasteiger partial charge in [0.25, 0.3) is 0 Å². The fourth-order valence-electron chi connectivity index (χ4n) is 1.13. The second-order valence-corrected chi connectivity index (χ2v) is 3.10. The van der Waals surface area contributed by atoms with Gasteiger partial charge in [-0.25, -0.2) is 18.0 Å². The molecule has 0 fully saturated rings. The lowest BCUT2D eigenvalue weighted by Crippen LogP contribution is -2.07. The van der Waals surface area contributed by atoms with Crippen LogP contribution in [0.4, 0.5) is 13.2 Å². The van der Waals surface area contributed by atoms with Crippen LogP contribution >= 0.6 is 0 Å². The number of carbonyl (C=O) groups is 1. The number of rotatable bonds is 3. The molecule has 1 rings (SSSR count). The Labute approximate surface area is 95.7 Å². The Hall–Kier alpha value is -1.98. The number of hydrogen-bond donors (Lipinski definition) is 1. The van der Waals surface area contributed by atoms with Crippen molar-refractivity contribution in [3.8, 4) is 0 Å². The van der Waals surface area contributed by atoms with Crippen molar-refractivity contribution in [3.05, 3.63) is 41.2 Å². The maximum Gasteiger partial charge on any atom is 0.332 e. The van der Waals surface area contributed by atoms with Gasteiger partial charge in [-0.1, -0.05) is 0 Å². The predicted octanol–water partition coefficient (Wildman–Crippen LogP) is 1.97. The lowest BCUT2D eigenvalue weighted by molar-refractivity contribution is -0.137. The van der Waals surface area contributed by atoms with Crippen LogP contribution in [0, 0.1) is 17.5 Å². The summed E-state index contributed by atoms with van der Waals surface area (Å²) in [6, 6.07) is 0.937. The minimum atomic E-state index is -1.32. The summed E-state index contributed by atoms with van der Waals surface area (Å²) >= 11 is 0. The molecule has 17 heavy (non-hydrogen) atoms. The number of carbonyl (C=O) groups excluding carboxylic acids is 1. The second kappa shape index (κ2) is 5.38. The molecular formula is C11H10F3NO2. The summed E-state index contributed by atoms with van der Waals surface area (Å²) in [5, 5.41) is 0. The van der Waals surface area contributed by atoms with E-state index < -0.39 is 29.0 Å². The molecule has 0 saturated heterocycles. The maximum atomic E-state index is 13.2. The summed E-state index contributed by atoms with van der Waals surface area (Å²) in [5.41, 5.74) is 4.65. The molecule has 1 aromatic carbocycles. The van der Waals surface area contributed by atoms with Gasteiger partial charge in [-0.05, 0) is 13.0 Å². The van der Waals surface area contributed by atoms with E-state index in [9.17, 15) is 18.0 Å². The molecule has 0 aromatic heterocycles. The van der Waals surface area contributed by atoms with E-state index in [2.05, 4.69) is 4.74 Å². The van der Waals surface area contributed by atoms with E-state index >= 15 is 0 Å². The topological polar surface area (TPSA) is 52.3 Å². The first kappa shape index (κ1) is 13.1. The summed E-state index contributed by atoms with van der Waals surface area (Å²) < 4.78 is 43.3. The van der Waals surface area contributed by atoms with Gasteiger partial charge in [0.2, 0.25) is 0 Å². The Balaban J connectivity index is 3.08. The smallest absolute Gasteiger partial charge is 0.332 e. The zero-order chi connectivity index (χ0) is 13.0. The van der Waals surface area contributed by atoms with Gasteiger partial charge in [0.1, 0.15) is 5.82 Å². The van der Waals surface area contributed by atoms with Crippen molar-refractivity contribution in [2.75, 3.05) is 6.61 Å². The highest BCUT2D eigenvalue weighted by atomic mass is 19.2. The first-order valence-corrected chi connectivity index (χ1v) is 4.74. The van der Waals surface area contributed by atoms with Gasteiger partial charge < -0.3 is 10.5 Å². The molecule has 0 atom stereocenters. The molecule has 0 spiro atoms. The van der Waals surface area contributed by atoms with Crippen LogP contribution in [-0.2, 0) is 9.53 Å². The Morgan fingerprint density at radius 3 is 2.47 bits per heavy atom. The first-order valence-electron chi connectivity index (χ1n) is 4.74. The van der Waals surface area contributed by atoms with Crippen molar-refractivity contribution in [1.29, 1.82) is 0 Å². The van der Waals surface area contributed by atoms with Crippen LogP contribution in [0.3, 0.4) is 0 Å². The quantitative estimate of drug-likeness (QED) is 0.503. The van der Waals surface area contributed by atoms with Crippen molar-refractivity contribution in [1.82, 2.24) is 0 Å². The minimum Gasteiger partial charge on any atom is -0.463 e. The van der Waals surface area contributed by atoms with Crippen LogP contribution < -0.4 is 5.73 Å². The first-order chi connectivity index (χ1) is 7.95. The number of halogens is 3. The van der Waals surface area contributed by atoms with Crippen LogP contribution in [0.25, 0.3) is 5.70 Å². The third kappa shape index (κ3) is 3.24. The third-order valence-corrected chi connectivity index (χ3v) is 1.88. The van der Waals surface area contributed by atoms with Crippen LogP contribution in [0.5, 0.6) is 0 Å². The molecule has 0 radical (unpaired) electrons. The van der Waals surface area contributed by atoms with E-state index in [1.807, 2.05) is 0 Å². The molecule has 0 amide bonds. The monoisotopic (exact) mass is 245 g/mol. The highest BCUT2D eigenvalue weighted by molar-refractivity contribution is 5.90. The van der Waals surface area contributed by atoms with Gasteiger partial charge in [0.05, 0.1) is 6.61 Å². The van der Waals surface area contributed by atoms with E-state index in [0.29, 0.717) is 12.1 Å². The molecule has 2 N–H and O–H groups in total. The Morgan fingerprint density at radius 2 is 1.88 bits per heavy atom. The highest BCUT2D eigenvalue weighted by Gasteiger charge is 2.12. The number of esters is 1. The van der Waals surface area contributed by atoms with Crippen LogP contribution in [0.2, 0.25) is 0 Å².